The number of hydrogen-bond acceptors (Lipinski definition) is 7. The standard InChI is InChI=1S/C36H71NO6/c1-3-5-7-9-11-13-14-15-16-17-18-19-21-23-25-27-29-37-36-35(34(41)33(40)31(30-38)42-36)43-32(39)28-26-24-22-20-12-10-8-6-4-2/h31,33-38,40-41H,3-30H2,1-2H3/t31-,33-,34+,35-,36-/m1/s1. The van der Waals surface area contributed by atoms with Crippen molar-refractivity contribution in [1.82, 2.24) is 5.32 Å². The molecule has 0 unspecified atom stereocenters. The molecule has 0 aromatic carbocycles. The lowest BCUT2D eigenvalue weighted by Crippen LogP contribution is -2.63. The van der Waals surface area contributed by atoms with Crippen molar-refractivity contribution in [2.24, 2.45) is 0 Å². The van der Waals surface area contributed by atoms with Crippen molar-refractivity contribution in [3.05, 3.63) is 0 Å². The summed E-state index contributed by atoms with van der Waals surface area (Å²) in [4.78, 5) is 12.6. The summed E-state index contributed by atoms with van der Waals surface area (Å²) < 4.78 is 11.4. The van der Waals surface area contributed by atoms with Crippen molar-refractivity contribution in [2.45, 2.75) is 211 Å². The van der Waals surface area contributed by atoms with Gasteiger partial charge in [-0.25, -0.2) is 0 Å². The quantitative estimate of drug-likeness (QED) is 0.0479. The number of carbonyl (C=O) groups is 1. The molecule has 0 radical (unpaired) electrons. The second-order valence-electron chi connectivity index (χ2n) is 13.0. The first-order valence-electron chi connectivity index (χ1n) is 18.6. The lowest BCUT2D eigenvalue weighted by Gasteiger charge is -2.42. The van der Waals surface area contributed by atoms with E-state index in [9.17, 15) is 20.1 Å². The van der Waals surface area contributed by atoms with Crippen LogP contribution < -0.4 is 5.32 Å². The van der Waals surface area contributed by atoms with Gasteiger partial charge < -0.3 is 24.8 Å². The Kier molecular flexibility index (Phi) is 26.9. The summed E-state index contributed by atoms with van der Waals surface area (Å²) in [6.07, 6.45) is 26.6. The van der Waals surface area contributed by atoms with Crippen LogP contribution in [0.2, 0.25) is 0 Å². The molecule has 0 spiro atoms. The molecular weight excluding hydrogens is 542 g/mol. The molecule has 1 aliphatic heterocycles. The highest BCUT2D eigenvalue weighted by atomic mass is 16.6. The van der Waals surface area contributed by atoms with Crippen LogP contribution in [0.5, 0.6) is 0 Å². The normalized spacial score (nSPS) is 22.2. The largest absolute Gasteiger partial charge is 0.455 e. The highest BCUT2D eigenvalue weighted by Gasteiger charge is 2.46. The first-order chi connectivity index (χ1) is 21.0. The number of nitrogens with one attached hydrogen (secondary N) is 1. The van der Waals surface area contributed by atoms with E-state index in [1.54, 1.807) is 0 Å². The van der Waals surface area contributed by atoms with Gasteiger partial charge in [0, 0.05) is 6.42 Å². The molecule has 1 fully saturated rings. The van der Waals surface area contributed by atoms with Crippen LogP contribution in [0.3, 0.4) is 0 Å². The number of esters is 1. The molecule has 5 atom stereocenters. The molecule has 0 amide bonds. The predicted octanol–water partition coefficient (Wildman–Crippen LogP) is 8.11. The molecule has 43 heavy (non-hydrogen) atoms. The average Bonchev–Trinajstić information content (AvgIpc) is 3.01. The van der Waals surface area contributed by atoms with Gasteiger partial charge in [0.05, 0.1) is 6.61 Å². The fourth-order valence-corrected chi connectivity index (χ4v) is 6.09. The van der Waals surface area contributed by atoms with Crippen LogP contribution >= 0.6 is 0 Å². The Morgan fingerprint density at radius 2 is 1.00 bits per heavy atom. The Hall–Kier alpha value is -0.730. The lowest BCUT2D eigenvalue weighted by molar-refractivity contribution is -0.245. The SMILES string of the molecule is CCCCCCCCCCCCCCCCCCN[C@@H]1O[C@H](CO)[C@@H](O)[C@H](O)[C@H]1OC(=O)CCCCCCCCCCC. The smallest absolute Gasteiger partial charge is 0.306 e. The summed E-state index contributed by atoms with van der Waals surface area (Å²) in [7, 11) is 0. The van der Waals surface area contributed by atoms with Crippen molar-refractivity contribution in [3.8, 4) is 0 Å². The molecule has 256 valence electrons. The minimum Gasteiger partial charge on any atom is -0.455 e. The molecule has 0 aromatic rings. The molecule has 0 bridgehead atoms. The van der Waals surface area contributed by atoms with E-state index in [2.05, 4.69) is 19.2 Å². The second kappa shape index (κ2) is 28.7. The van der Waals surface area contributed by atoms with Gasteiger partial charge in [-0.3, -0.25) is 10.1 Å². The van der Waals surface area contributed by atoms with E-state index in [1.807, 2.05) is 0 Å². The molecule has 4 N–H and O–H groups in total. The number of rotatable bonds is 30. The Morgan fingerprint density at radius 3 is 1.42 bits per heavy atom. The average molecular weight is 614 g/mol. The summed E-state index contributed by atoms with van der Waals surface area (Å²) in [6, 6.07) is 0. The van der Waals surface area contributed by atoms with Gasteiger partial charge >= 0.3 is 5.97 Å². The number of aliphatic hydroxyl groups excluding tert-OH is 3. The van der Waals surface area contributed by atoms with Gasteiger partial charge in [0.25, 0.3) is 0 Å². The predicted molar refractivity (Wildman–Crippen MR) is 177 cm³/mol. The van der Waals surface area contributed by atoms with Crippen LogP contribution in [0.1, 0.15) is 181 Å². The number of carbonyl (C=O) groups excluding carboxylic acids is 1. The first kappa shape index (κ1) is 40.3. The van der Waals surface area contributed by atoms with E-state index in [0.717, 1.165) is 32.1 Å². The van der Waals surface area contributed by atoms with E-state index in [0.29, 0.717) is 13.0 Å². The number of ether oxygens (including phenoxy) is 2. The van der Waals surface area contributed by atoms with Gasteiger partial charge in [-0.15, -0.1) is 0 Å². The maximum atomic E-state index is 12.6. The van der Waals surface area contributed by atoms with Gasteiger partial charge in [-0.05, 0) is 19.4 Å². The van der Waals surface area contributed by atoms with Crippen LogP contribution in [0.25, 0.3) is 0 Å². The minimum atomic E-state index is -1.30. The molecule has 1 aliphatic rings. The fourth-order valence-electron chi connectivity index (χ4n) is 6.09. The number of unbranched alkanes of at least 4 members (excludes halogenated alkanes) is 23. The van der Waals surface area contributed by atoms with Crippen LogP contribution in [0.15, 0.2) is 0 Å². The third kappa shape index (κ3) is 20.8. The molecule has 7 heteroatoms. The molecule has 1 heterocycles. The Balaban J connectivity index is 2.16. The second-order valence-corrected chi connectivity index (χ2v) is 13.0. The van der Waals surface area contributed by atoms with E-state index < -0.39 is 37.3 Å². The Labute approximate surface area is 265 Å². The number of aliphatic hydroxyl groups is 3. The van der Waals surface area contributed by atoms with E-state index >= 15 is 0 Å². The molecule has 1 saturated heterocycles. The van der Waals surface area contributed by atoms with Crippen LogP contribution in [-0.4, -0.2) is 65.1 Å². The first-order valence-corrected chi connectivity index (χ1v) is 18.6. The lowest BCUT2D eigenvalue weighted by atomic mass is 9.98. The van der Waals surface area contributed by atoms with Gasteiger partial charge in [0.2, 0.25) is 0 Å². The monoisotopic (exact) mass is 614 g/mol. The van der Waals surface area contributed by atoms with Crippen molar-refractivity contribution in [1.29, 1.82) is 0 Å². The summed E-state index contributed by atoms with van der Waals surface area (Å²) in [6.45, 7) is 4.75. The van der Waals surface area contributed by atoms with Gasteiger partial charge in [-0.1, -0.05) is 162 Å². The number of hydrogen-bond donors (Lipinski definition) is 4. The zero-order chi connectivity index (χ0) is 31.4. The highest BCUT2D eigenvalue weighted by Crippen LogP contribution is 2.23. The highest BCUT2D eigenvalue weighted by molar-refractivity contribution is 5.69. The zero-order valence-corrected chi connectivity index (χ0v) is 28.3. The minimum absolute atomic E-state index is 0.296. The van der Waals surface area contributed by atoms with Gasteiger partial charge in [0.15, 0.2) is 6.10 Å². The molecule has 0 saturated carbocycles. The molecule has 1 rings (SSSR count). The molecule has 0 aromatic heterocycles. The Morgan fingerprint density at radius 1 is 0.605 bits per heavy atom. The molecule has 7 nitrogen and oxygen atoms in total. The zero-order valence-electron chi connectivity index (χ0n) is 28.3. The third-order valence-corrected chi connectivity index (χ3v) is 9.00. The summed E-state index contributed by atoms with van der Waals surface area (Å²) in [5.74, 6) is -0.376. The van der Waals surface area contributed by atoms with E-state index in [4.69, 9.17) is 9.47 Å². The van der Waals surface area contributed by atoms with E-state index in [-0.39, 0.29) is 5.97 Å². The van der Waals surface area contributed by atoms with Crippen LogP contribution in [0, 0.1) is 0 Å². The van der Waals surface area contributed by atoms with Crippen molar-refractivity contribution >= 4 is 5.97 Å². The maximum Gasteiger partial charge on any atom is 0.306 e. The van der Waals surface area contributed by atoms with Crippen LogP contribution in [0.4, 0.5) is 0 Å². The van der Waals surface area contributed by atoms with Crippen molar-refractivity contribution in [3.63, 3.8) is 0 Å². The fraction of sp³-hybridized carbons (Fsp3) is 0.972. The summed E-state index contributed by atoms with van der Waals surface area (Å²) in [5.41, 5.74) is 0. The summed E-state index contributed by atoms with van der Waals surface area (Å²) >= 11 is 0. The van der Waals surface area contributed by atoms with Crippen molar-refractivity contribution < 1.29 is 29.6 Å². The molecular formula is C36H71NO6. The van der Waals surface area contributed by atoms with E-state index in [1.165, 1.54) is 128 Å². The Bertz CT molecular complexity index is 621. The van der Waals surface area contributed by atoms with Crippen molar-refractivity contribution in [2.75, 3.05) is 13.2 Å². The third-order valence-electron chi connectivity index (χ3n) is 9.00. The molecule has 0 aliphatic carbocycles. The van der Waals surface area contributed by atoms with Gasteiger partial charge in [0.1, 0.15) is 24.5 Å². The topological polar surface area (TPSA) is 108 Å². The maximum absolute atomic E-state index is 12.6. The van der Waals surface area contributed by atoms with Gasteiger partial charge in [-0.2, -0.15) is 0 Å². The van der Waals surface area contributed by atoms with Crippen LogP contribution in [-0.2, 0) is 14.3 Å². The summed E-state index contributed by atoms with van der Waals surface area (Å²) in [5, 5.41) is 33.9.